The zero-order valence-corrected chi connectivity index (χ0v) is 11.9. The van der Waals surface area contributed by atoms with Crippen molar-refractivity contribution in [2.45, 2.75) is 19.4 Å². The Hall–Kier alpha value is -2.14. The molecule has 1 aliphatic rings. The van der Waals surface area contributed by atoms with Gasteiger partial charge in [-0.2, -0.15) is 0 Å². The van der Waals surface area contributed by atoms with Crippen LogP contribution in [0.2, 0.25) is 0 Å². The second-order valence-electron chi connectivity index (χ2n) is 5.68. The van der Waals surface area contributed by atoms with Crippen LogP contribution in [0, 0.1) is 5.92 Å². The minimum Gasteiger partial charge on any atom is -0.393 e. The van der Waals surface area contributed by atoms with Crippen LogP contribution in [-0.4, -0.2) is 40.1 Å². The number of nitrogens with zero attached hydrogens (tertiary/aromatic N) is 1. The number of aromatic amines is 1. The Kier molecular flexibility index (Phi) is 3.51. The van der Waals surface area contributed by atoms with Gasteiger partial charge in [-0.05, 0) is 24.5 Å². The third-order valence-corrected chi connectivity index (χ3v) is 4.11. The Bertz CT molecular complexity index is 738. The second-order valence-corrected chi connectivity index (χ2v) is 5.68. The van der Waals surface area contributed by atoms with Crippen LogP contribution in [0.15, 0.2) is 35.1 Å². The first kappa shape index (κ1) is 13.8. The van der Waals surface area contributed by atoms with E-state index >= 15 is 0 Å². The van der Waals surface area contributed by atoms with E-state index in [0.29, 0.717) is 36.1 Å². The molecule has 1 fully saturated rings. The Labute approximate surface area is 122 Å². The molecule has 3 rings (SSSR count). The highest BCUT2D eigenvalue weighted by Gasteiger charge is 2.28. The smallest absolute Gasteiger partial charge is 0.270 e. The maximum atomic E-state index is 12.5. The van der Waals surface area contributed by atoms with Crippen molar-refractivity contribution in [2.75, 3.05) is 13.1 Å². The first-order chi connectivity index (χ1) is 10.1. The summed E-state index contributed by atoms with van der Waals surface area (Å²) in [6.07, 6.45) is 0.217. The molecule has 2 aromatic rings. The van der Waals surface area contributed by atoms with Gasteiger partial charge in [-0.3, -0.25) is 9.59 Å². The van der Waals surface area contributed by atoms with Crippen molar-refractivity contribution in [3.63, 3.8) is 0 Å². The summed E-state index contributed by atoms with van der Waals surface area (Å²) in [7, 11) is 0. The molecule has 0 aliphatic carbocycles. The van der Waals surface area contributed by atoms with Crippen LogP contribution in [0.5, 0.6) is 0 Å². The predicted octanol–water partition coefficient (Wildman–Crippen LogP) is 1.37. The molecule has 21 heavy (non-hydrogen) atoms. The largest absolute Gasteiger partial charge is 0.393 e. The number of aliphatic hydroxyl groups is 1. The number of piperidine rings is 1. The van der Waals surface area contributed by atoms with Crippen LogP contribution in [-0.2, 0) is 0 Å². The number of likely N-dealkylation sites (tertiary alicyclic amines) is 1. The van der Waals surface area contributed by atoms with E-state index < -0.39 is 0 Å². The molecule has 1 aliphatic heterocycles. The number of para-hydroxylation sites is 1. The fraction of sp³-hybridized carbons (Fsp3) is 0.375. The van der Waals surface area contributed by atoms with Crippen LogP contribution in [0.4, 0.5) is 0 Å². The van der Waals surface area contributed by atoms with Gasteiger partial charge in [0.25, 0.3) is 5.91 Å². The van der Waals surface area contributed by atoms with Crippen molar-refractivity contribution in [3.8, 4) is 0 Å². The van der Waals surface area contributed by atoms with Crippen LogP contribution >= 0.6 is 0 Å². The summed E-state index contributed by atoms with van der Waals surface area (Å²) in [5.74, 6) is -0.133. The molecule has 2 atom stereocenters. The van der Waals surface area contributed by atoms with Gasteiger partial charge in [0.05, 0.1) is 6.10 Å². The van der Waals surface area contributed by atoms with Gasteiger partial charge in [0.2, 0.25) is 0 Å². The predicted molar refractivity (Wildman–Crippen MR) is 80.3 cm³/mol. The van der Waals surface area contributed by atoms with E-state index in [1.54, 1.807) is 23.1 Å². The van der Waals surface area contributed by atoms with E-state index in [9.17, 15) is 14.7 Å². The van der Waals surface area contributed by atoms with E-state index in [0.717, 1.165) is 0 Å². The number of nitrogens with one attached hydrogen (secondary N) is 1. The Morgan fingerprint density at radius 1 is 1.38 bits per heavy atom. The molecule has 2 unspecified atom stereocenters. The van der Waals surface area contributed by atoms with Gasteiger partial charge >= 0.3 is 0 Å². The molecule has 1 aromatic heterocycles. The number of benzene rings is 1. The molecule has 0 radical (unpaired) electrons. The number of hydrogen-bond donors (Lipinski definition) is 2. The molecule has 1 aromatic carbocycles. The molecule has 0 saturated carbocycles. The zero-order valence-electron chi connectivity index (χ0n) is 11.9. The van der Waals surface area contributed by atoms with Crippen LogP contribution in [0.3, 0.4) is 0 Å². The molecule has 110 valence electrons. The van der Waals surface area contributed by atoms with Crippen LogP contribution in [0.1, 0.15) is 23.8 Å². The number of fused-ring (bicyclic) bond motifs is 1. The molecule has 1 saturated heterocycles. The minimum absolute atomic E-state index is 0.0508. The molecular weight excluding hydrogens is 268 g/mol. The SMILES string of the molecule is CC1CN(C(=O)c2cc(=O)c3ccccc3[nH]2)CCC1O. The van der Waals surface area contributed by atoms with Gasteiger partial charge in [0.1, 0.15) is 5.69 Å². The van der Waals surface area contributed by atoms with E-state index in [1.165, 1.54) is 6.07 Å². The first-order valence-corrected chi connectivity index (χ1v) is 7.15. The lowest BCUT2D eigenvalue weighted by Gasteiger charge is -2.34. The van der Waals surface area contributed by atoms with E-state index in [4.69, 9.17) is 0 Å². The van der Waals surface area contributed by atoms with Gasteiger partial charge in [-0.15, -0.1) is 0 Å². The summed E-state index contributed by atoms with van der Waals surface area (Å²) < 4.78 is 0. The molecule has 1 amide bonds. The normalized spacial score (nSPS) is 22.5. The van der Waals surface area contributed by atoms with Crippen molar-refractivity contribution in [1.82, 2.24) is 9.88 Å². The van der Waals surface area contributed by atoms with Gasteiger partial charge in [0.15, 0.2) is 5.43 Å². The quantitative estimate of drug-likeness (QED) is 0.831. The van der Waals surface area contributed by atoms with E-state index in [1.807, 2.05) is 13.0 Å². The van der Waals surface area contributed by atoms with Gasteiger partial charge in [-0.1, -0.05) is 19.1 Å². The van der Waals surface area contributed by atoms with Gasteiger partial charge in [0, 0.05) is 30.1 Å². The molecule has 2 heterocycles. The van der Waals surface area contributed by atoms with E-state index in [-0.39, 0.29) is 23.4 Å². The lowest BCUT2D eigenvalue weighted by molar-refractivity contribution is 0.0294. The number of pyridine rings is 1. The average Bonchev–Trinajstić information content (AvgIpc) is 2.49. The topological polar surface area (TPSA) is 73.4 Å². The summed E-state index contributed by atoms with van der Waals surface area (Å²) in [5, 5.41) is 10.3. The summed E-state index contributed by atoms with van der Waals surface area (Å²) in [6, 6.07) is 8.51. The van der Waals surface area contributed by atoms with Crippen molar-refractivity contribution < 1.29 is 9.90 Å². The number of carbonyl (C=O) groups is 1. The maximum absolute atomic E-state index is 12.5. The number of carbonyl (C=O) groups excluding carboxylic acids is 1. The summed E-state index contributed by atoms with van der Waals surface area (Å²) in [5.41, 5.74) is 0.818. The highest BCUT2D eigenvalue weighted by atomic mass is 16.3. The Morgan fingerprint density at radius 3 is 2.90 bits per heavy atom. The number of rotatable bonds is 1. The van der Waals surface area contributed by atoms with Crippen molar-refractivity contribution in [1.29, 1.82) is 0 Å². The number of H-pyrrole nitrogens is 1. The highest BCUT2D eigenvalue weighted by molar-refractivity contribution is 5.94. The monoisotopic (exact) mass is 286 g/mol. The number of amides is 1. The third kappa shape index (κ3) is 2.56. The second kappa shape index (κ2) is 5.33. The maximum Gasteiger partial charge on any atom is 0.270 e. The molecular formula is C16H18N2O3. The zero-order chi connectivity index (χ0) is 15.0. The fourth-order valence-corrected chi connectivity index (χ4v) is 2.80. The number of aliphatic hydroxyl groups excluding tert-OH is 1. The van der Waals surface area contributed by atoms with Crippen LogP contribution in [0.25, 0.3) is 10.9 Å². The lowest BCUT2D eigenvalue weighted by atomic mass is 9.96. The standard InChI is InChI=1S/C16H18N2O3/c1-10-9-18(7-6-14(10)19)16(21)13-8-15(20)11-4-2-3-5-12(11)17-13/h2-5,8,10,14,19H,6-7,9H2,1H3,(H,17,20). The molecule has 5 heteroatoms. The van der Waals surface area contributed by atoms with Crippen molar-refractivity contribution in [3.05, 3.63) is 46.2 Å². The van der Waals surface area contributed by atoms with Crippen molar-refractivity contribution >= 4 is 16.8 Å². The number of aromatic nitrogens is 1. The molecule has 2 N–H and O–H groups in total. The third-order valence-electron chi connectivity index (χ3n) is 4.11. The summed E-state index contributed by atoms with van der Waals surface area (Å²) in [4.78, 5) is 29.3. The van der Waals surface area contributed by atoms with Gasteiger partial charge in [-0.25, -0.2) is 0 Å². The molecule has 0 bridgehead atoms. The summed E-state index contributed by atoms with van der Waals surface area (Å²) in [6.45, 7) is 2.95. The average molecular weight is 286 g/mol. The van der Waals surface area contributed by atoms with E-state index in [2.05, 4.69) is 4.98 Å². The van der Waals surface area contributed by atoms with Crippen LogP contribution < -0.4 is 5.43 Å². The Morgan fingerprint density at radius 2 is 2.14 bits per heavy atom. The molecule has 0 spiro atoms. The first-order valence-electron chi connectivity index (χ1n) is 7.15. The summed E-state index contributed by atoms with van der Waals surface area (Å²) >= 11 is 0. The van der Waals surface area contributed by atoms with Crippen molar-refractivity contribution in [2.24, 2.45) is 5.92 Å². The van der Waals surface area contributed by atoms with Gasteiger partial charge < -0.3 is 15.0 Å². The minimum atomic E-state index is -0.357. The number of hydrogen-bond acceptors (Lipinski definition) is 3. The fourth-order valence-electron chi connectivity index (χ4n) is 2.80. The lowest BCUT2D eigenvalue weighted by Crippen LogP contribution is -2.45. The molecule has 5 nitrogen and oxygen atoms in total. The Balaban J connectivity index is 1.93. The highest BCUT2D eigenvalue weighted by Crippen LogP contribution is 2.18.